The molecule has 0 unspecified atom stereocenters. The van der Waals surface area contributed by atoms with Gasteiger partial charge in [-0.05, 0) is 38.1 Å². The van der Waals surface area contributed by atoms with Crippen LogP contribution < -0.4 is 5.32 Å². The Labute approximate surface area is 129 Å². The molecule has 0 spiro atoms. The molecule has 2 heterocycles. The Bertz CT molecular complexity index is 821. The van der Waals surface area contributed by atoms with Gasteiger partial charge in [-0.2, -0.15) is 0 Å². The fourth-order valence-electron chi connectivity index (χ4n) is 2.62. The van der Waals surface area contributed by atoms with Crippen molar-refractivity contribution in [3.05, 3.63) is 60.2 Å². The monoisotopic (exact) mass is 294 g/mol. The number of carbonyl (C=O) groups excluding carboxylic acids is 1. The number of aromatic nitrogens is 3. The molecule has 1 amide bonds. The average molecular weight is 294 g/mol. The number of para-hydroxylation sites is 2. The standard InChI is InChI=1S/C17H18N4O/c1-17(2,20-15(22)12-8-10-18-11-9-12)16-19-13-6-4-5-7-14(13)21(16)3/h4-11H,1-3H3,(H,20,22). The zero-order chi connectivity index (χ0) is 15.7. The smallest absolute Gasteiger partial charge is 0.252 e. The molecular weight excluding hydrogens is 276 g/mol. The largest absolute Gasteiger partial charge is 0.340 e. The first-order valence-corrected chi connectivity index (χ1v) is 7.13. The number of pyridine rings is 1. The Balaban J connectivity index is 1.94. The van der Waals surface area contributed by atoms with E-state index in [0.29, 0.717) is 5.56 Å². The maximum absolute atomic E-state index is 12.4. The molecule has 2 aromatic heterocycles. The third-order valence-corrected chi connectivity index (χ3v) is 3.71. The van der Waals surface area contributed by atoms with E-state index in [0.717, 1.165) is 16.9 Å². The lowest BCUT2D eigenvalue weighted by Crippen LogP contribution is -2.42. The second-order valence-corrected chi connectivity index (χ2v) is 5.80. The highest BCUT2D eigenvalue weighted by Gasteiger charge is 2.28. The van der Waals surface area contributed by atoms with Gasteiger partial charge in [0.25, 0.3) is 5.91 Å². The number of carbonyl (C=O) groups is 1. The van der Waals surface area contributed by atoms with Gasteiger partial charge in [0, 0.05) is 25.0 Å². The second-order valence-electron chi connectivity index (χ2n) is 5.80. The molecule has 0 aliphatic heterocycles. The molecule has 0 saturated heterocycles. The van der Waals surface area contributed by atoms with E-state index in [-0.39, 0.29) is 5.91 Å². The number of aryl methyl sites for hydroxylation is 1. The summed E-state index contributed by atoms with van der Waals surface area (Å²) < 4.78 is 2.02. The van der Waals surface area contributed by atoms with Gasteiger partial charge in [-0.3, -0.25) is 9.78 Å². The molecule has 5 nitrogen and oxygen atoms in total. The van der Waals surface area contributed by atoms with Crippen molar-refractivity contribution in [2.24, 2.45) is 7.05 Å². The van der Waals surface area contributed by atoms with E-state index in [1.54, 1.807) is 24.5 Å². The van der Waals surface area contributed by atoms with Crippen molar-refractivity contribution in [1.82, 2.24) is 19.9 Å². The summed E-state index contributed by atoms with van der Waals surface area (Å²) in [5.74, 6) is 0.676. The van der Waals surface area contributed by atoms with Crippen molar-refractivity contribution < 1.29 is 4.79 Å². The lowest BCUT2D eigenvalue weighted by molar-refractivity contribution is 0.0907. The third-order valence-electron chi connectivity index (χ3n) is 3.71. The number of benzene rings is 1. The molecule has 0 aliphatic rings. The first-order valence-electron chi connectivity index (χ1n) is 7.13. The molecule has 0 atom stereocenters. The molecule has 0 fully saturated rings. The summed E-state index contributed by atoms with van der Waals surface area (Å²) >= 11 is 0. The number of amides is 1. The van der Waals surface area contributed by atoms with Crippen LogP contribution >= 0.6 is 0 Å². The molecule has 3 rings (SSSR count). The van der Waals surface area contributed by atoms with Crippen LogP contribution in [0.25, 0.3) is 11.0 Å². The predicted octanol–water partition coefficient (Wildman–Crippen LogP) is 2.63. The van der Waals surface area contributed by atoms with Crippen LogP contribution in [0.1, 0.15) is 30.0 Å². The van der Waals surface area contributed by atoms with Gasteiger partial charge in [0.1, 0.15) is 5.82 Å². The number of nitrogens with one attached hydrogen (secondary N) is 1. The van der Waals surface area contributed by atoms with Crippen molar-refractivity contribution >= 4 is 16.9 Å². The lowest BCUT2D eigenvalue weighted by atomic mass is 10.0. The van der Waals surface area contributed by atoms with Gasteiger partial charge in [0.05, 0.1) is 16.6 Å². The van der Waals surface area contributed by atoms with Crippen molar-refractivity contribution in [3.63, 3.8) is 0 Å². The molecule has 22 heavy (non-hydrogen) atoms. The van der Waals surface area contributed by atoms with Crippen LogP contribution in [0.4, 0.5) is 0 Å². The Hall–Kier alpha value is -2.69. The molecule has 112 valence electrons. The van der Waals surface area contributed by atoms with Gasteiger partial charge >= 0.3 is 0 Å². The summed E-state index contributed by atoms with van der Waals surface area (Å²) in [5.41, 5.74) is 1.96. The van der Waals surface area contributed by atoms with Crippen molar-refractivity contribution in [2.45, 2.75) is 19.4 Å². The summed E-state index contributed by atoms with van der Waals surface area (Å²) in [4.78, 5) is 21.0. The van der Waals surface area contributed by atoms with Crippen molar-refractivity contribution in [1.29, 1.82) is 0 Å². The molecule has 0 radical (unpaired) electrons. The maximum atomic E-state index is 12.4. The van der Waals surface area contributed by atoms with E-state index in [2.05, 4.69) is 15.3 Å². The Kier molecular flexibility index (Phi) is 3.41. The number of imidazole rings is 1. The van der Waals surface area contributed by atoms with E-state index in [9.17, 15) is 4.79 Å². The molecule has 1 N–H and O–H groups in total. The van der Waals surface area contributed by atoms with Crippen molar-refractivity contribution in [3.8, 4) is 0 Å². The first-order chi connectivity index (χ1) is 10.5. The van der Waals surface area contributed by atoms with Crippen LogP contribution in [0.15, 0.2) is 48.8 Å². The van der Waals surface area contributed by atoms with Gasteiger partial charge in [0.2, 0.25) is 0 Å². The normalized spacial score (nSPS) is 11.6. The number of rotatable bonds is 3. The Morgan fingerprint density at radius 1 is 1.14 bits per heavy atom. The van der Waals surface area contributed by atoms with Gasteiger partial charge in [-0.15, -0.1) is 0 Å². The molecule has 0 saturated carbocycles. The third kappa shape index (κ3) is 2.45. The van der Waals surface area contributed by atoms with Gasteiger partial charge in [-0.1, -0.05) is 12.1 Å². The molecule has 1 aromatic carbocycles. The van der Waals surface area contributed by atoms with Gasteiger partial charge < -0.3 is 9.88 Å². The molecule has 0 bridgehead atoms. The number of fused-ring (bicyclic) bond motifs is 1. The van der Waals surface area contributed by atoms with E-state index in [1.807, 2.05) is 49.7 Å². The second kappa shape index (κ2) is 5.26. The first kappa shape index (κ1) is 14.3. The highest BCUT2D eigenvalue weighted by atomic mass is 16.1. The minimum Gasteiger partial charge on any atom is -0.340 e. The van der Waals surface area contributed by atoms with Crippen LogP contribution in [0.2, 0.25) is 0 Å². The Morgan fingerprint density at radius 3 is 2.50 bits per heavy atom. The predicted molar refractivity (Wildman–Crippen MR) is 85.4 cm³/mol. The summed E-state index contributed by atoms with van der Waals surface area (Å²) in [7, 11) is 1.96. The zero-order valence-corrected chi connectivity index (χ0v) is 12.9. The van der Waals surface area contributed by atoms with Gasteiger partial charge in [0.15, 0.2) is 0 Å². The quantitative estimate of drug-likeness (QED) is 0.808. The summed E-state index contributed by atoms with van der Waals surface area (Å²) in [6, 6.07) is 11.3. The fraction of sp³-hybridized carbons (Fsp3) is 0.235. The minimum atomic E-state index is -0.589. The van der Waals surface area contributed by atoms with E-state index < -0.39 is 5.54 Å². The number of hydrogen-bond donors (Lipinski definition) is 1. The minimum absolute atomic E-state index is 0.139. The Morgan fingerprint density at radius 2 is 1.82 bits per heavy atom. The highest BCUT2D eigenvalue weighted by molar-refractivity contribution is 5.94. The highest BCUT2D eigenvalue weighted by Crippen LogP contribution is 2.24. The topological polar surface area (TPSA) is 59.8 Å². The SMILES string of the molecule is Cn1c(C(C)(C)NC(=O)c2ccncc2)nc2ccccc21. The lowest BCUT2D eigenvalue weighted by Gasteiger charge is -2.25. The number of hydrogen-bond acceptors (Lipinski definition) is 3. The molecule has 3 aromatic rings. The van der Waals surface area contributed by atoms with Crippen LogP contribution in [0.5, 0.6) is 0 Å². The van der Waals surface area contributed by atoms with Crippen molar-refractivity contribution in [2.75, 3.05) is 0 Å². The summed E-state index contributed by atoms with van der Waals surface area (Å²) in [6.07, 6.45) is 3.22. The van der Waals surface area contributed by atoms with E-state index >= 15 is 0 Å². The van der Waals surface area contributed by atoms with E-state index in [4.69, 9.17) is 0 Å². The number of nitrogens with zero attached hydrogens (tertiary/aromatic N) is 3. The molecular formula is C17H18N4O. The van der Waals surface area contributed by atoms with Crippen LogP contribution in [-0.2, 0) is 12.6 Å². The summed E-state index contributed by atoms with van der Waals surface area (Å²) in [5, 5.41) is 3.04. The fourth-order valence-corrected chi connectivity index (χ4v) is 2.62. The van der Waals surface area contributed by atoms with Crippen LogP contribution in [0.3, 0.4) is 0 Å². The summed E-state index contributed by atoms with van der Waals surface area (Å²) in [6.45, 7) is 3.90. The van der Waals surface area contributed by atoms with Gasteiger partial charge in [-0.25, -0.2) is 4.98 Å². The average Bonchev–Trinajstić information content (AvgIpc) is 2.86. The van der Waals surface area contributed by atoms with E-state index in [1.165, 1.54) is 0 Å². The zero-order valence-electron chi connectivity index (χ0n) is 12.9. The van der Waals surface area contributed by atoms with Crippen LogP contribution in [0, 0.1) is 0 Å². The maximum Gasteiger partial charge on any atom is 0.252 e. The van der Waals surface area contributed by atoms with Crippen LogP contribution in [-0.4, -0.2) is 20.4 Å². The molecule has 5 heteroatoms. The molecule has 0 aliphatic carbocycles.